The Kier molecular flexibility index (Phi) is 4.65. The molecule has 10 heteroatoms. The summed E-state index contributed by atoms with van der Waals surface area (Å²) >= 11 is 0. The van der Waals surface area contributed by atoms with E-state index in [2.05, 4.69) is 16.0 Å². The van der Waals surface area contributed by atoms with Crippen LogP contribution in [0.5, 0.6) is 17.2 Å². The van der Waals surface area contributed by atoms with Gasteiger partial charge in [-0.2, -0.15) is 0 Å². The molecule has 0 radical (unpaired) electrons. The molecule has 2 aromatic heterocycles. The van der Waals surface area contributed by atoms with E-state index in [1.165, 1.54) is 0 Å². The number of pyridine rings is 2. The van der Waals surface area contributed by atoms with Gasteiger partial charge in [-0.3, -0.25) is 19.0 Å². The first-order valence-corrected chi connectivity index (χ1v) is 11.7. The van der Waals surface area contributed by atoms with Crippen molar-refractivity contribution < 1.29 is 27.1 Å². The SMILES string of the molecule is C1=C2OP(OCCOP3Oc4cccc5nccc(c45)O3)Oc3ccnc(c32)CC1. The molecular weight excluding hydrogens is 426 g/mol. The normalized spacial score (nSPS) is 20.9. The minimum atomic E-state index is -1.56. The maximum absolute atomic E-state index is 5.89. The molecule has 0 fully saturated rings. The van der Waals surface area contributed by atoms with E-state index in [0.717, 1.165) is 46.5 Å². The summed E-state index contributed by atoms with van der Waals surface area (Å²) in [7, 11) is -3.10. The minimum absolute atomic E-state index is 0.279. The van der Waals surface area contributed by atoms with Crippen molar-refractivity contribution in [2.45, 2.75) is 12.8 Å². The van der Waals surface area contributed by atoms with Crippen LogP contribution in [-0.4, -0.2) is 23.2 Å². The van der Waals surface area contributed by atoms with Crippen molar-refractivity contribution in [2.75, 3.05) is 13.2 Å². The number of hydrogen-bond acceptors (Lipinski definition) is 8. The Morgan fingerprint density at radius 3 is 2.47 bits per heavy atom. The Morgan fingerprint density at radius 2 is 1.57 bits per heavy atom. The van der Waals surface area contributed by atoms with Gasteiger partial charge in [-0.1, -0.05) is 6.07 Å². The zero-order valence-corrected chi connectivity index (χ0v) is 17.5. The Hall–Kier alpha value is -2.50. The average Bonchev–Trinajstić information content (AvgIpc) is 2.78. The summed E-state index contributed by atoms with van der Waals surface area (Å²) in [6, 6.07) is 9.36. The molecule has 3 aromatic rings. The van der Waals surface area contributed by atoms with E-state index in [4.69, 9.17) is 27.1 Å². The summed E-state index contributed by atoms with van der Waals surface area (Å²) in [5, 5.41) is 0.861. The highest BCUT2D eigenvalue weighted by Gasteiger charge is 2.32. The Bertz CT molecular complexity index is 1120. The molecule has 2 aliphatic heterocycles. The van der Waals surface area contributed by atoms with Crippen molar-refractivity contribution in [2.24, 2.45) is 0 Å². The fourth-order valence-corrected chi connectivity index (χ4v) is 5.52. The van der Waals surface area contributed by atoms with Crippen molar-refractivity contribution in [3.8, 4) is 17.2 Å². The predicted octanol–water partition coefficient (Wildman–Crippen LogP) is 5.28. The number of aromatic nitrogens is 2. The Labute approximate surface area is 174 Å². The maximum atomic E-state index is 5.89. The summed E-state index contributed by atoms with van der Waals surface area (Å²) in [4.78, 5) is 8.74. The lowest BCUT2D eigenvalue weighted by molar-refractivity contribution is 0.179. The van der Waals surface area contributed by atoms with Gasteiger partial charge in [0.25, 0.3) is 0 Å². The quantitative estimate of drug-likeness (QED) is 0.390. The van der Waals surface area contributed by atoms with Gasteiger partial charge in [0.15, 0.2) is 0 Å². The third-order valence-electron chi connectivity index (χ3n) is 4.81. The first-order valence-electron chi connectivity index (χ1n) is 9.49. The molecule has 4 heterocycles. The van der Waals surface area contributed by atoms with Crippen LogP contribution in [0.4, 0.5) is 0 Å². The van der Waals surface area contributed by atoms with Gasteiger partial charge in [-0.05, 0) is 43.2 Å². The summed E-state index contributed by atoms with van der Waals surface area (Å²) < 4.78 is 35.0. The molecule has 6 rings (SSSR count). The fourth-order valence-electron chi connectivity index (χ4n) is 3.52. The second-order valence-electron chi connectivity index (χ2n) is 6.68. The average molecular weight is 442 g/mol. The molecular formula is C20H16N2O6P2. The first-order chi connectivity index (χ1) is 14.8. The van der Waals surface area contributed by atoms with Crippen LogP contribution in [-0.2, 0) is 20.0 Å². The lowest BCUT2D eigenvalue weighted by Gasteiger charge is -2.29. The lowest BCUT2D eigenvalue weighted by atomic mass is 10.0. The molecule has 0 saturated heterocycles. The zero-order valence-electron chi connectivity index (χ0n) is 15.7. The van der Waals surface area contributed by atoms with Gasteiger partial charge in [-0.15, -0.1) is 0 Å². The van der Waals surface area contributed by atoms with Gasteiger partial charge in [-0.25, -0.2) is 0 Å². The standard InChI is InChI=1S/C20H16N2O6P2/c1-3-13-19-15(5-1)25-29(27-17(19)7-9-21-13)23-11-12-24-30-26-16-6-2-4-14-20(16)18(28-30)8-10-22-14/h1,3,5-10H,2,4,11-12H2. The van der Waals surface area contributed by atoms with Crippen molar-refractivity contribution in [1.82, 2.24) is 9.97 Å². The summed E-state index contributed by atoms with van der Waals surface area (Å²) in [5.41, 5.74) is 2.77. The highest BCUT2D eigenvalue weighted by atomic mass is 31.2. The first kappa shape index (κ1) is 18.3. The lowest BCUT2D eigenvalue weighted by Crippen LogP contribution is -2.13. The molecule has 0 saturated carbocycles. The van der Waals surface area contributed by atoms with Crippen molar-refractivity contribution in [3.05, 3.63) is 60.1 Å². The highest BCUT2D eigenvalue weighted by molar-refractivity contribution is 7.43. The molecule has 2 unspecified atom stereocenters. The van der Waals surface area contributed by atoms with Crippen LogP contribution in [0, 0.1) is 0 Å². The number of allylic oxidation sites excluding steroid dienone is 1. The van der Waals surface area contributed by atoms with Crippen molar-refractivity contribution in [3.63, 3.8) is 0 Å². The molecule has 2 atom stereocenters. The second kappa shape index (κ2) is 7.64. The van der Waals surface area contributed by atoms with E-state index in [1.54, 1.807) is 12.4 Å². The largest absolute Gasteiger partial charge is 0.463 e. The van der Waals surface area contributed by atoms with Gasteiger partial charge < -0.3 is 18.1 Å². The molecule has 1 aromatic carbocycles. The molecule has 0 bridgehead atoms. The van der Waals surface area contributed by atoms with Gasteiger partial charge in [0.2, 0.25) is 0 Å². The zero-order chi connectivity index (χ0) is 19.9. The number of rotatable bonds is 5. The van der Waals surface area contributed by atoms with E-state index >= 15 is 0 Å². The van der Waals surface area contributed by atoms with Crippen LogP contribution in [0.2, 0.25) is 0 Å². The monoisotopic (exact) mass is 442 g/mol. The van der Waals surface area contributed by atoms with Crippen LogP contribution in [0.1, 0.15) is 17.7 Å². The van der Waals surface area contributed by atoms with Gasteiger partial charge >= 0.3 is 17.2 Å². The molecule has 1 aliphatic carbocycles. The summed E-state index contributed by atoms with van der Waals surface area (Å²) in [6.45, 7) is 0.562. The third-order valence-corrected chi connectivity index (χ3v) is 6.98. The van der Waals surface area contributed by atoms with E-state index in [1.807, 2.05) is 30.3 Å². The van der Waals surface area contributed by atoms with Crippen molar-refractivity contribution in [1.29, 1.82) is 0 Å². The van der Waals surface area contributed by atoms with Crippen molar-refractivity contribution >= 4 is 33.9 Å². The second-order valence-corrected chi connectivity index (χ2v) is 8.82. The van der Waals surface area contributed by atoms with Gasteiger partial charge in [0.1, 0.15) is 23.0 Å². The topological polar surface area (TPSA) is 81.2 Å². The summed E-state index contributed by atoms with van der Waals surface area (Å²) in [5.74, 6) is 2.97. The molecule has 30 heavy (non-hydrogen) atoms. The van der Waals surface area contributed by atoms with Gasteiger partial charge in [0.05, 0.1) is 35.4 Å². The van der Waals surface area contributed by atoms with Crippen LogP contribution in [0.25, 0.3) is 16.7 Å². The van der Waals surface area contributed by atoms with Crippen LogP contribution >= 0.6 is 17.2 Å². The van der Waals surface area contributed by atoms with Crippen LogP contribution in [0.15, 0.2) is 48.8 Å². The Morgan fingerprint density at radius 1 is 0.833 bits per heavy atom. The molecule has 152 valence electrons. The maximum Gasteiger partial charge on any atom is 0.463 e. The number of hydrogen-bond donors (Lipinski definition) is 0. The third kappa shape index (κ3) is 3.26. The minimum Gasteiger partial charge on any atom is -0.417 e. The predicted molar refractivity (Wildman–Crippen MR) is 111 cm³/mol. The molecule has 3 aliphatic rings. The number of nitrogens with zero attached hydrogens (tertiary/aromatic N) is 2. The molecule has 0 amide bonds. The van der Waals surface area contributed by atoms with E-state index in [0.29, 0.717) is 11.5 Å². The smallest absolute Gasteiger partial charge is 0.417 e. The summed E-state index contributed by atoms with van der Waals surface area (Å²) in [6.07, 6.45) is 7.32. The van der Waals surface area contributed by atoms with E-state index in [9.17, 15) is 0 Å². The van der Waals surface area contributed by atoms with Crippen LogP contribution in [0.3, 0.4) is 0 Å². The fraction of sp³-hybridized carbons (Fsp3) is 0.200. The molecule has 0 spiro atoms. The number of benzene rings is 1. The number of aryl methyl sites for hydroxylation is 1. The van der Waals surface area contributed by atoms with Crippen LogP contribution < -0.4 is 13.6 Å². The molecule has 8 nitrogen and oxygen atoms in total. The highest BCUT2D eigenvalue weighted by Crippen LogP contribution is 2.54. The Balaban J connectivity index is 1.06. The van der Waals surface area contributed by atoms with E-state index in [-0.39, 0.29) is 13.2 Å². The van der Waals surface area contributed by atoms with Gasteiger partial charge in [0, 0.05) is 12.4 Å². The van der Waals surface area contributed by atoms with E-state index < -0.39 is 17.2 Å². The molecule has 0 N–H and O–H groups in total.